The summed E-state index contributed by atoms with van der Waals surface area (Å²) < 4.78 is 0. The van der Waals surface area contributed by atoms with Gasteiger partial charge in [0.15, 0.2) is 0 Å². The lowest BCUT2D eigenvalue weighted by Crippen LogP contribution is -2.33. The molecular formula is C26H30ClN3. The zero-order chi connectivity index (χ0) is 20.8. The van der Waals surface area contributed by atoms with Gasteiger partial charge in [0, 0.05) is 30.3 Å². The average molecular weight is 420 g/mol. The summed E-state index contributed by atoms with van der Waals surface area (Å²) in [7, 11) is 0. The van der Waals surface area contributed by atoms with Gasteiger partial charge >= 0.3 is 0 Å². The van der Waals surface area contributed by atoms with Crippen LogP contribution in [0.5, 0.6) is 0 Å². The monoisotopic (exact) mass is 419 g/mol. The van der Waals surface area contributed by atoms with Crippen LogP contribution in [-0.2, 0) is 19.5 Å². The third-order valence-corrected chi connectivity index (χ3v) is 6.32. The van der Waals surface area contributed by atoms with Crippen molar-refractivity contribution in [2.45, 2.75) is 19.5 Å². The Morgan fingerprint density at radius 2 is 1.53 bits per heavy atom. The highest BCUT2D eigenvalue weighted by molar-refractivity contribution is 6.30. The maximum Gasteiger partial charge on any atom is 0.0429 e. The highest BCUT2D eigenvalue weighted by Crippen LogP contribution is 2.27. The highest BCUT2D eigenvalue weighted by atomic mass is 35.5. The molecule has 0 aromatic heterocycles. The van der Waals surface area contributed by atoms with Crippen LogP contribution in [0.25, 0.3) is 0 Å². The number of hydrogen-bond donors (Lipinski definition) is 2. The van der Waals surface area contributed by atoms with Gasteiger partial charge in [-0.15, -0.1) is 0 Å². The lowest BCUT2D eigenvalue weighted by Gasteiger charge is -2.30. The van der Waals surface area contributed by atoms with Crippen LogP contribution in [0.4, 0.5) is 5.69 Å². The fourth-order valence-corrected chi connectivity index (χ4v) is 4.55. The first-order chi connectivity index (χ1) is 14.7. The molecular weight excluding hydrogens is 390 g/mol. The van der Waals surface area contributed by atoms with Gasteiger partial charge in [-0.3, -0.25) is 0 Å². The standard InChI is InChI=1S/C26H30ClN3/c27-25-9-11-26(12-10-25)30(18-22-8-4-7-21(13-22)15-28)19-24-17-29-16-23(24)14-20-5-2-1-3-6-20/h1-13,23-24,29H,14-19,28H2/t23-,24-/m0/s1. The number of halogens is 1. The maximum atomic E-state index is 6.16. The number of nitrogens with zero attached hydrogens (tertiary/aromatic N) is 1. The Morgan fingerprint density at radius 1 is 0.833 bits per heavy atom. The molecule has 3 nitrogen and oxygen atoms in total. The summed E-state index contributed by atoms with van der Waals surface area (Å²) in [6.07, 6.45) is 1.12. The summed E-state index contributed by atoms with van der Waals surface area (Å²) >= 11 is 6.16. The molecule has 0 aliphatic carbocycles. The largest absolute Gasteiger partial charge is 0.367 e. The van der Waals surface area contributed by atoms with E-state index < -0.39 is 0 Å². The molecule has 30 heavy (non-hydrogen) atoms. The minimum Gasteiger partial charge on any atom is -0.367 e. The van der Waals surface area contributed by atoms with Gasteiger partial charge in [-0.2, -0.15) is 0 Å². The van der Waals surface area contributed by atoms with Crippen LogP contribution < -0.4 is 16.0 Å². The third-order valence-electron chi connectivity index (χ3n) is 6.07. The Labute approximate surface area is 184 Å². The van der Waals surface area contributed by atoms with Crippen LogP contribution in [-0.4, -0.2) is 19.6 Å². The predicted octanol–water partition coefficient (Wildman–Crippen LogP) is 4.88. The van der Waals surface area contributed by atoms with Gasteiger partial charge in [-0.25, -0.2) is 0 Å². The molecule has 1 fully saturated rings. The molecule has 156 valence electrons. The van der Waals surface area contributed by atoms with Crippen molar-refractivity contribution in [1.29, 1.82) is 0 Å². The van der Waals surface area contributed by atoms with E-state index in [4.69, 9.17) is 17.3 Å². The topological polar surface area (TPSA) is 41.3 Å². The van der Waals surface area contributed by atoms with Crippen molar-refractivity contribution in [2.75, 3.05) is 24.5 Å². The molecule has 0 unspecified atom stereocenters. The molecule has 4 rings (SSSR count). The van der Waals surface area contributed by atoms with Gasteiger partial charge in [0.2, 0.25) is 0 Å². The second-order valence-corrected chi connectivity index (χ2v) is 8.69. The van der Waals surface area contributed by atoms with E-state index in [1.807, 2.05) is 12.1 Å². The summed E-state index contributed by atoms with van der Waals surface area (Å²) in [5, 5.41) is 4.40. The number of anilines is 1. The van der Waals surface area contributed by atoms with Gasteiger partial charge in [0.05, 0.1) is 0 Å². The van der Waals surface area contributed by atoms with Gasteiger partial charge in [0.25, 0.3) is 0 Å². The summed E-state index contributed by atoms with van der Waals surface area (Å²) in [5.74, 6) is 1.23. The smallest absolute Gasteiger partial charge is 0.0429 e. The van der Waals surface area contributed by atoms with Crippen LogP contribution in [0.1, 0.15) is 16.7 Å². The van der Waals surface area contributed by atoms with Crippen LogP contribution in [0, 0.1) is 11.8 Å². The quantitative estimate of drug-likeness (QED) is 0.546. The molecule has 2 atom stereocenters. The average Bonchev–Trinajstić information content (AvgIpc) is 3.21. The Morgan fingerprint density at radius 3 is 2.30 bits per heavy atom. The number of rotatable bonds is 8. The number of nitrogens with two attached hydrogens (primary N) is 1. The van der Waals surface area contributed by atoms with E-state index in [9.17, 15) is 0 Å². The van der Waals surface area contributed by atoms with E-state index in [2.05, 4.69) is 76.9 Å². The van der Waals surface area contributed by atoms with E-state index in [0.717, 1.165) is 37.6 Å². The molecule has 4 heteroatoms. The summed E-state index contributed by atoms with van der Waals surface area (Å²) in [6, 6.07) is 27.7. The first-order valence-corrected chi connectivity index (χ1v) is 11.1. The second-order valence-electron chi connectivity index (χ2n) is 8.25. The molecule has 3 N–H and O–H groups in total. The van der Waals surface area contributed by atoms with Crippen molar-refractivity contribution in [2.24, 2.45) is 17.6 Å². The van der Waals surface area contributed by atoms with Crippen molar-refractivity contribution in [3.05, 3.63) is 101 Å². The summed E-state index contributed by atoms with van der Waals surface area (Å²) in [6.45, 7) is 4.59. The first-order valence-electron chi connectivity index (χ1n) is 10.7. The minimum absolute atomic E-state index is 0.570. The molecule has 1 aliphatic rings. The van der Waals surface area contributed by atoms with E-state index in [1.165, 1.54) is 22.4 Å². The fraction of sp³-hybridized carbons (Fsp3) is 0.308. The molecule has 1 heterocycles. The second kappa shape index (κ2) is 10.1. The molecule has 0 saturated carbocycles. The third kappa shape index (κ3) is 5.42. The predicted molar refractivity (Wildman–Crippen MR) is 127 cm³/mol. The zero-order valence-corrected chi connectivity index (χ0v) is 18.1. The molecule has 0 amide bonds. The van der Waals surface area contributed by atoms with Crippen molar-refractivity contribution in [3.8, 4) is 0 Å². The fourth-order valence-electron chi connectivity index (χ4n) is 4.43. The van der Waals surface area contributed by atoms with Gasteiger partial charge < -0.3 is 16.0 Å². The van der Waals surface area contributed by atoms with Crippen LogP contribution in [0.15, 0.2) is 78.9 Å². The molecule has 0 spiro atoms. The van der Waals surface area contributed by atoms with Crippen LogP contribution >= 0.6 is 11.6 Å². The normalized spacial score (nSPS) is 18.5. The minimum atomic E-state index is 0.570. The summed E-state index contributed by atoms with van der Waals surface area (Å²) in [4.78, 5) is 2.49. The van der Waals surface area contributed by atoms with Gasteiger partial charge in [0.1, 0.15) is 0 Å². The van der Waals surface area contributed by atoms with E-state index in [1.54, 1.807) is 0 Å². The Kier molecular flexibility index (Phi) is 7.06. The van der Waals surface area contributed by atoms with E-state index in [0.29, 0.717) is 18.4 Å². The van der Waals surface area contributed by atoms with Gasteiger partial charge in [-0.05, 0) is 72.3 Å². The van der Waals surface area contributed by atoms with Crippen LogP contribution in [0.3, 0.4) is 0 Å². The highest BCUT2D eigenvalue weighted by Gasteiger charge is 2.29. The molecule has 3 aromatic carbocycles. The first kappa shape index (κ1) is 20.9. The maximum absolute atomic E-state index is 6.16. The number of benzene rings is 3. The lowest BCUT2D eigenvalue weighted by molar-refractivity contribution is 0.413. The van der Waals surface area contributed by atoms with Crippen molar-refractivity contribution in [1.82, 2.24) is 5.32 Å². The van der Waals surface area contributed by atoms with Gasteiger partial charge in [-0.1, -0.05) is 66.2 Å². The van der Waals surface area contributed by atoms with Crippen molar-refractivity contribution in [3.63, 3.8) is 0 Å². The molecule has 3 aromatic rings. The number of nitrogens with one attached hydrogen (secondary N) is 1. The zero-order valence-electron chi connectivity index (χ0n) is 17.3. The Balaban J connectivity index is 1.53. The SMILES string of the molecule is NCc1cccc(CN(C[C@@H]2CNC[C@@H]2Cc2ccccc2)c2ccc(Cl)cc2)c1. The van der Waals surface area contributed by atoms with Crippen LogP contribution in [0.2, 0.25) is 5.02 Å². The molecule has 0 bridgehead atoms. The van der Waals surface area contributed by atoms with Crippen molar-refractivity contribution >= 4 is 17.3 Å². The van der Waals surface area contributed by atoms with E-state index in [-0.39, 0.29) is 0 Å². The van der Waals surface area contributed by atoms with Crippen molar-refractivity contribution < 1.29 is 0 Å². The number of hydrogen-bond acceptors (Lipinski definition) is 3. The Hall–Kier alpha value is -2.33. The lowest BCUT2D eigenvalue weighted by atomic mass is 9.89. The molecule has 1 saturated heterocycles. The molecule has 1 aliphatic heterocycles. The summed E-state index contributed by atoms with van der Waals surface area (Å²) in [5.41, 5.74) is 11.0. The molecule has 0 radical (unpaired) electrons. The van der Waals surface area contributed by atoms with E-state index >= 15 is 0 Å². The Bertz CT molecular complexity index is 927.